The Bertz CT molecular complexity index is 542. The molecule has 0 aliphatic carbocycles. The van der Waals surface area contributed by atoms with E-state index in [0.717, 1.165) is 18.8 Å². The number of rotatable bonds is 7. The van der Waals surface area contributed by atoms with Crippen LogP contribution < -0.4 is 15.0 Å². The molecule has 2 rings (SSSR count). The minimum atomic E-state index is 0.273. The SMILES string of the molecule is CCNC(CN(C)c1ccccc1)c1cccc(OC)c1. The van der Waals surface area contributed by atoms with Crippen LogP contribution in [-0.2, 0) is 0 Å². The Kier molecular flexibility index (Phi) is 5.64. The van der Waals surface area contributed by atoms with Crippen molar-refractivity contribution in [2.75, 3.05) is 32.1 Å². The van der Waals surface area contributed by atoms with Gasteiger partial charge in [0, 0.05) is 25.3 Å². The topological polar surface area (TPSA) is 24.5 Å². The molecule has 0 radical (unpaired) electrons. The lowest BCUT2D eigenvalue weighted by Crippen LogP contribution is -2.33. The molecular weight excluding hydrogens is 260 g/mol. The largest absolute Gasteiger partial charge is 0.497 e. The van der Waals surface area contributed by atoms with E-state index in [1.807, 2.05) is 18.2 Å². The zero-order valence-corrected chi connectivity index (χ0v) is 13.0. The van der Waals surface area contributed by atoms with Gasteiger partial charge in [0.1, 0.15) is 5.75 Å². The summed E-state index contributed by atoms with van der Waals surface area (Å²) in [7, 11) is 3.83. The summed E-state index contributed by atoms with van der Waals surface area (Å²) in [6, 6.07) is 19.0. The summed E-state index contributed by atoms with van der Waals surface area (Å²) >= 11 is 0. The number of para-hydroxylation sites is 1. The Morgan fingerprint density at radius 2 is 1.86 bits per heavy atom. The summed E-state index contributed by atoms with van der Waals surface area (Å²) in [4.78, 5) is 2.27. The van der Waals surface area contributed by atoms with E-state index in [0.29, 0.717) is 0 Å². The number of hydrogen-bond donors (Lipinski definition) is 1. The van der Waals surface area contributed by atoms with E-state index < -0.39 is 0 Å². The molecule has 0 spiro atoms. The van der Waals surface area contributed by atoms with Crippen molar-refractivity contribution in [3.63, 3.8) is 0 Å². The molecule has 0 saturated carbocycles. The number of nitrogens with one attached hydrogen (secondary N) is 1. The van der Waals surface area contributed by atoms with Crippen molar-refractivity contribution in [1.82, 2.24) is 5.32 Å². The van der Waals surface area contributed by atoms with E-state index in [4.69, 9.17) is 4.74 Å². The van der Waals surface area contributed by atoms with Crippen molar-refractivity contribution < 1.29 is 4.74 Å². The van der Waals surface area contributed by atoms with Crippen molar-refractivity contribution >= 4 is 5.69 Å². The summed E-state index contributed by atoms with van der Waals surface area (Å²) in [5, 5.41) is 3.55. The van der Waals surface area contributed by atoms with Crippen molar-refractivity contribution in [2.45, 2.75) is 13.0 Å². The standard InChI is InChI=1S/C18H24N2O/c1-4-19-18(15-9-8-12-17(13-15)21-3)14-20(2)16-10-6-5-7-11-16/h5-13,18-19H,4,14H2,1-3H3. The third-order valence-electron chi connectivity index (χ3n) is 3.60. The minimum absolute atomic E-state index is 0.273. The van der Waals surface area contributed by atoms with E-state index in [9.17, 15) is 0 Å². The van der Waals surface area contributed by atoms with Crippen molar-refractivity contribution in [3.8, 4) is 5.75 Å². The number of nitrogens with zero attached hydrogens (tertiary/aromatic N) is 1. The smallest absolute Gasteiger partial charge is 0.119 e. The fourth-order valence-electron chi connectivity index (χ4n) is 2.45. The monoisotopic (exact) mass is 284 g/mol. The minimum Gasteiger partial charge on any atom is -0.497 e. The zero-order chi connectivity index (χ0) is 15.1. The van der Waals surface area contributed by atoms with E-state index in [-0.39, 0.29) is 6.04 Å². The highest BCUT2D eigenvalue weighted by molar-refractivity contribution is 5.45. The lowest BCUT2D eigenvalue weighted by molar-refractivity contribution is 0.413. The van der Waals surface area contributed by atoms with Gasteiger partial charge in [-0.05, 0) is 36.4 Å². The second-order valence-corrected chi connectivity index (χ2v) is 5.10. The molecule has 0 heterocycles. The average Bonchev–Trinajstić information content (AvgIpc) is 2.55. The van der Waals surface area contributed by atoms with Crippen LogP contribution in [0.4, 0.5) is 5.69 Å². The Morgan fingerprint density at radius 1 is 1.10 bits per heavy atom. The average molecular weight is 284 g/mol. The molecule has 1 N–H and O–H groups in total. The summed E-state index contributed by atoms with van der Waals surface area (Å²) in [5.41, 5.74) is 2.47. The van der Waals surface area contributed by atoms with Crippen molar-refractivity contribution in [1.29, 1.82) is 0 Å². The van der Waals surface area contributed by atoms with Gasteiger partial charge in [0.05, 0.1) is 7.11 Å². The molecule has 0 fully saturated rings. The van der Waals surface area contributed by atoms with Gasteiger partial charge in [-0.2, -0.15) is 0 Å². The maximum atomic E-state index is 5.33. The first-order chi connectivity index (χ1) is 10.2. The summed E-state index contributed by atoms with van der Waals surface area (Å²) in [6.45, 7) is 3.98. The first-order valence-electron chi connectivity index (χ1n) is 7.38. The van der Waals surface area contributed by atoms with Gasteiger partial charge >= 0.3 is 0 Å². The third-order valence-corrected chi connectivity index (χ3v) is 3.60. The number of hydrogen-bond acceptors (Lipinski definition) is 3. The van der Waals surface area contributed by atoms with Gasteiger partial charge < -0.3 is 15.0 Å². The Balaban J connectivity index is 2.15. The molecule has 0 aromatic heterocycles. The normalized spacial score (nSPS) is 12.0. The molecule has 112 valence electrons. The molecule has 0 saturated heterocycles. The summed E-state index contributed by atoms with van der Waals surface area (Å²) < 4.78 is 5.33. The van der Waals surface area contributed by atoms with Gasteiger partial charge in [0.2, 0.25) is 0 Å². The number of likely N-dealkylation sites (N-methyl/N-ethyl adjacent to an activating group) is 2. The van der Waals surface area contributed by atoms with Crippen LogP contribution in [-0.4, -0.2) is 27.2 Å². The summed E-state index contributed by atoms with van der Waals surface area (Å²) in [6.07, 6.45) is 0. The van der Waals surface area contributed by atoms with Crippen LogP contribution in [0.1, 0.15) is 18.5 Å². The molecule has 2 aromatic carbocycles. The third kappa shape index (κ3) is 4.23. The predicted molar refractivity (Wildman–Crippen MR) is 89.1 cm³/mol. The molecule has 3 heteroatoms. The maximum absolute atomic E-state index is 5.33. The van der Waals surface area contributed by atoms with E-state index in [2.05, 4.69) is 60.6 Å². The molecular formula is C18H24N2O. The number of methoxy groups -OCH3 is 1. The van der Waals surface area contributed by atoms with E-state index in [1.165, 1.54) is 11.3 Å². The van der Waals surface area contributed by atoms with E-state index in [1.54, 1.807) is 7.11 Å². The van der Waals surface area contributed by atoms with Crippen molar-refractivity contribution in [3.05, 3.63) is 60.2 Å². The van der Waals surface area contributed by atoms with Crippen LogP contribution in [0, 0.1) is 0 Å². The molecule has 1 unspecified atom stereocenters. The maximum Gasteiger partial charge on any atom is 0.119 e. The highest BCUT2D eigenvalue weighted by atomic mass is 16.5. The quantitative estimate of drug-likeness (QED) is 0.842. The number of ether oxygens (including phenoxy) is 1. The lowest BCUT2D eigenvalue weighted by Gasteiger charge is -2.27. The van der Waals surface area contributed by atoms with Crippen LogP contribution in [0.25, 0.3) is 0 Å². The predicted octanol–water partition coefficient (Wildman–Crippen LogP) is 3.48. The first-order valence-corrected chi connectivity index (χ1v) is 7.38. The van der Waals surface area contributed by atoms with Gasteiger partial charge in [-0.25, -0.2) is 0 Å². The molecule has 21 heavy (non-hydrogen) atoms. The fourth-order valence-corrected chi connectivity index (χ4v) is 2.45. The van der Waals surface area contributed by atoms with Gasteiger partial charge in [-0.1, -0.05) is 37.3 Å². The molecule has 0 amide bonds. The van der Waals surface area contributed by atoms with Gasteiger partial charge in [0.25, 0.3) is 0 Å². The zero-order valence-electron chi connectivity index (χ0n) is 13.0. The van der Waals surface area contributed by atoms with Crippen LogP contribution in [0.5, 0.6) is 5.75 Å². The first kappa shape index (κ1) is 15.4. The fraction of sp³-hybridized carbons (Fsp3) is 0.333. The van der Waals surface area contributed by atoms with Gasteiger partial charge in [0.15, 0.2) is 0 Å². The van der Waals surface area contributed by atoms with Gasteiger partial charge in [-0.3, -0.25) is 0 Å². The Morgan fingerprint density at radius 3 is 2.52 bits per heavy atom. The van der Waals surface area contributed by atoms with Crippen molar-refractivity contribution in [2.24, 2.45) is 0 Å². The highest BCUT2D eigenvalue weighted by Crippen LogP contribution is 2.22. The Labute approximate surface area is 127 Å². The van der Waals surface area contributed by atoms with Crippen LogP contribution in [0.2, 0.25) is 0 Å². The molecule has 1 atom stereocenters. The Hall–Kier alpha value is -2.00. The second kappa shape index (κ2) is 7.70. The molecule has 0 bridgehead atoms. The molecule has 0 aliphatic rings. The van der Waals surface area contributed by atoms with E-state index >= 15 is 0 Å². The number of benzene rings is 2. The van der Waals surface area contributed by atoms with Crippen LogP contribution in [0.15, 0.2) is 54.6 Å². The lowest BCUT2D eigenvalue weighted by atomic mass is 10.1. The molecule has 2 aromatic rings. The summed E-state index contributed by atoms with van der Waals surface area (Å²) in [5.74, 6) is 0.901. The molecule has 0 aliphatic heterocycles. The highest BCUT2D eigenvalue weighted by Gasteiger charge is 2.14. The number of anilines is 1. The molecule has 3 nitrogen and oxygen atoms in total. The van der Waals surface area contributed by atoms with Gasteiger partial charge in [-0.15, -0.1) is 0 Å². The van der Waals surface area contributed by atoms with Crippen LogP contribution >= 0.6 is 0 Å². The second-order valence-electron chi connectivity index (χ2n) is 5.10. The van der Waals surface area contributed by atoms with Crippen LogP contribution in [0.3, 0.4) is 0 Å².